The number of ether oxygens (including phenoxy) is 1. The highest BCUT2D eigenvalue weighted by Gasteiger charge is 2.26. The van der Waals surface area contributed by atoms with Crippen LogP contribution in [0.2, 0.25) is 0 Å². The van der Waals surface area contributed by atoms with Crippen molar-refractivity contribution in [1.82, 2.24) is 4.98 Å². The first-order valence-electron chi connectivity index (χ1n) is 3.81. The molecule has 13 heavy (non-hydrogen) atoms. The normalized spacial score (nSPS) is 14.7. The fourth-order valence-corrected chi connectivity index (χ4v) is 1.42. The molecule has 1 heterocycles. The van der Waals surface area contributed by atoms with Crippen LogP contribution < -0.4 is 0 Å². The van der Waals surface area contributed by atoms with Crippen LogP contribution in [-0.4, -0.2) is 11.0 Å². The van der Waals surface area contributed by atoms with Gasteiger partial charge in [0.15, 0.2) is 4.51 Å². The van der Waals surface area contributed by atoms with Crippen molar-refractivity contribution in [2.24, 2.45) is 0 Å². The van der Waals surface area contributed by atoms with Gasteiger partial charge < -0.3 is 4.74 Å². The Morgan fingerprint density at radius 3 is 2.85 bits per heavy atom. The van der Waals surface area contributed by atoms with Crippen molar-refractivity contribution in [2.75, 3.05) is 0 Å². The summed E-state index contributed by atoms with van der Waals surface area (Å²) in [5.74, 6) is -0.330. The molecule has 1 rings (SSSR count). The molecular weight excluding hydrogens is 234 g/mol. The number of pyridine rings is 1. The molecule has 1 aromatic rings. The van der Waals surface area contributed by atoms with E-state index in [1.165, 1.54) is 6.92 Å². The molecule has 70 valence electrons. The largest absolute Gasteiger partial charge is 0.443 e. The van der Waals surface area contributed by atoms with Crippen LogP contribution in [0.25, 0.3) is 0 Å². The maximum absolute atomic E-state index is 10.8. The average molecular weight is 244 g/mol. The predicted octanol–water partition coefficient (Wildman–Crippen LogP) is 2.21. The Morgan fingerprint density at radius 2 is 2.38 bits per heavy atom. The molecule has 0 amide bonds. The molecule has 1 aromatic heterocycles. The first-order valence-corrected chi connectivity index (χ1v) is 4.60. The van der Waals surface area contributed by atoms with Crippen molar-refractivity contribution in [3.05, 3.63) is 30.1 Å². The van der Waals surface area contributed by atoms with Crippen molar-refractivity contribution in [3.8, 4) is 0 Å². The summed E-state index contributed by atoms with van der Waals surface area (Å²) < 4.78 is 4.28. The summed E-state index contributed by atoms with van der Waals surface area (Å²) in [5, 5.41) is 0. The van der Waals surface area contributed by atoms with Gasteiger partial charge in [0.25, 0.3) is 0 Å². The van der Waals surface area contributed by atoms with E-state index >= 15 is 0 Å². The van der Waals surface area contributed by atoms with Gasteiger partial charge in [-0.3, -0.25) is 9.78 Å². The molecular formula is C9H10BrNO2. The van der Waals surface area contributed by atoms with Crippen molar-refractivity contribution in [3.63, 3.8) is 0 Å². The summed E-state index contributed by atoms with van der Waals surface area (Å²) in [6, 6.07) is 3.63. The van der Waals surface area contributed by atoms with Gasteiger partial charge in [0.2, 0.25) is 0 Å². The van der Waals surface area contributed by atoms with Gasteiger partial charge >= 0.3 is 5.97 Å². The molecule has 0 saturated carbocycles. The van der Waals surface area contributed by atoms with E-state index in [2.05, 4.69) is 20.9 Å². The quantitative estimate of drug-likeness (QED) is 0.591. The van der Waals surface area contributed by atoms with E-state index in [-0.39, 0.29) is 5.97 Å². The topological polar surface area (TPSA) is 39.2 Å². The third kappa shape index (κ3) is 2.81. The van der Waals surface area contributed by atoms with Gasteiger partial charge in [-0.1, -0.05) is 6.07 Å². The second-order valence-electron chi connectivity index (χ2n) is 2.75. The molecule has 0 radical (unpaired) electrons. The summed E-state index contributed by atoms with van der Waals surface area (Å²) in [6.45, 7) is 3.13. The average Bonchev–Trinajstić information content (AvgIpc) is 2.04. The summed E-state index contributed by atoms with van der Waals surface area (Å²) in [7, 11) is 0. The monoisotopic (exact) mass is 243 g/mol. The van der Waals surface area contributed by atoms with E-state index in [9.17, 15) is 4.79 Å². The number of esters is 1. The standard InChI is InChI=1S/C9H10BrNO2/c1-7(12)13-9(2,10)8-4-3-5-11-6-8/h3-6H,1-2H3. The molecule has 0 fully saturated rings. The van der Waals surface area contributed by atoms with E-state index < -0.39 is 4.51 Å². The molecule has 1 unspecified atom stereocenters. The SMILES string of the molecule is CC(=O)OC(C)(Br)c1cccnc1. The van der Waals surface area contributed by atoms with E-state index in [1.54, 1.807) is 25.4 Å². The van der Waals surface area contributed by atoms with Gasteiger partial charge in [-0.05, 0) is 28.9 Å². The Balaban J connectivity index is 2.87. The minimum atomic E-state index is -0.785. The second kappa shape index (κ2) is 3.87. The fourth-order valence-electron chi connectivity index (χ4n) is 0.956. The molecule has 0 bridgehead atoms. The lowest BCUT2D eigenvalue weighted by molar-refractivity contribution is -0.147. The molecule has 1 atom stereocenters. The van der Waals surface area contributed by atoms with Crippen LogP contribution in [-0.2, 0) is 14.0 Å². The molecule has 0 spiro atoms. The first kappa shape index (κ1) is 10.2. The maximum Gasteiger partial charge on any atom is 0.304 e. The van der Waals surface area contributed by atoms with E-state index in [1.807, 2.05) is 6.07 Å². The van der Waals surface area contributed by atoms with Crippen molar-refractivity contribution < 1.29 is 9.53 Å². The third-order valence-electron chi connectivity index (χ3n) is 1.51. The number of aromatic nitrogens is 1. The van der Waals surface area contributed by atoms with Crippen LogP contribution in [0.15, 0.2) is 24.5 Å². The minimum Gasteiger partial charge on any atom is -0.443 e. The number of nitrogens with zero attached hydrogens (tertiary/aromatic N) is 1. The van der Waals surface area contributed by atoms with E-state index in [4.69, 9.17) is 4.74 Å². The summed E-state index contributed by atoms with van der Waals surface area (Å²) in [6.07, 6.45) is 3.32. The molecule has 0 saturated heterocycles. The van der Waals surface area contributed by atoms with Crippen LogP contribution in [0.5, 0.6) is 0 Å². The molecule has 0 aliphatic heterocycles. The van der Waals surface area contributed by atoms with Gasteiger partial charge in [0, 0.05) is 24.9 Å². The Morgan fingerprint density at radius 1 is 1.69 bits per heavy atom. The first-order chi connectivity index (χ1) is 6.02. The van der Waals surface area contributed by atoms with E-state index in [0.29, 0.717) is 0 Å². The lowest BCUT2D eigenvalue weighted by atomic mass is 10.2. The highest BCUT2D eigenvalue weighted by molar-refractivity contribution is 9.09. The van der Waals surface area contributed by atoms with Crippen LogP contribution in [0, 0.1) is 0 Å². The Bertz CT molecular complexity index is 298. The van der Waals surface area contributed by atoms with Crippen molar-refractivity contribution >= 4 is 21.9 Å². The van der Waals surface area contributed by atoms with Crippen LogP contribution in [0.4, 0.5) is 0 Å². The molecule has 0 N–H and O–H groups in total. The van der Waals surface area contributed by atoms with Crippen LogP contribution >= 0.6 is 15.9 Å². The molecule has 0 aromatic carbocycles. The zero-order valence-electron chi connectivity index (χ0n) is 7.45. The van der Waals surface area contributed by atoms with Crippen molar-refractivity contribution in [1.29, 1.82) is 0 Å². The lowest BCUT2D eigenvalue weighted by Crippen LogP contribution is -2.20. The van der Waals surface area contributed by atoms with Crippen LogP contribution in [0.1, 0.15) is 19.4 Å². The summed E-state index contributed by atoms with van der Waals surface area (Å²) >= 11 is 3.31. The zero-order chi connectivity index (χ0) is 9.90. The highest BCUT2D eigenvalue weighted by atomic mass is 79.9. The number of alkyl halides is 1. The number of carbonyl (C=O) groups excluding carboxylic acids is 1. The fraction of sp³-hybridized carbons (Fsp3) is 0.333. The van der Waals surface area contributed by atoms with Crippen molar-refractivity contribution in [2.45, 2.75) is 18.4 Å². The molecule has 3 nitrogen and oxygen atoms in total. The summed E-state index contributed by atoms with van der Waals surface area (Å²) in [5.41, 5.74) is 0.810. The predicted molar refractivity (Wildman–Crippen MR) is 52.3 cm³/mol. The minimum absolute atomic E-state index is 0.330. The molecule has 0 aliphatic carbocycles. The van der Waals surface area contributed by atoms with Gasteiger partial charge in [-0.2, -0.15) is 0 Å². The number of carbonyl (C=O) groups is 1. The zero-order valence-corrected chi connectivity index (χ0v) is 9.04. The number of hydrogen-bond donors (Lipinski definition) is 0. The lowest BCUT2D eigenvalue weighted by Gasteiger charge is -2.21. The molecule has 0 aliphatic rings. The van der Waals surface area contributed by atoms with Gasteiger partial charge in [-0.25, -0.2) is 0 Å². The maximum atomic E-state index is 10.8. The highest BCUT2D eigenvalue weighted by Crippen LogP contribution is 2.31. The smallest absolute Gasteiger partial charge is 0.304 e. The second-order valence-corrected chi connectivity index (χ2v) is 4.27. The van der Waals surface area contributed by atoms with Gasteiger partial charge in [0.05, 0.1) is 0 Å². The number of rotatable bonds is 2. The third-order valence-corrected chi connectivity index (χ3v) is 2.13. The Kier molecular flexibility index (Phi) is 3.03. The van der Waals surface area contributed by atoms with Gasteiger partial charge in [0.1, 0.15) is 0 Å². The Hall–Kier alpha value is -0.900. The number of hydrogen-bond acceptors (Lipinski definition) is 3. The van der Waals surface area contributed by atoms with Gasteiger partial charge in [-0.15, -0.1) is 0 Å². The molecule has 4 heteroatoms. The summed E-state index contributed by atoms with van der Waals surface area (Å²) in [4.78, 5) is 14.7. The Labute approximate surface area is 85.3 Å². The van der Waals surface area contributed by atoms with E-state index in [0.717, 1.165) is 5.56 Å². The van der Waals surface area contributed by atoms with Crippen LogP contribution in [0.3, 0.4) is 0 Å². The number of halogens is 1.